The van der Waals surface area contributed by atoms with Gasteiger partial charge in [-0.15, -0.1) is 0 Å². The highest BCUT2D eigenvalue weighted by Crippen LogP contribution is 2.05. The number of urea groups is 1. The molecule has 0 spiro atoms. The second-order valence-corrected chi connectivity index (χ2v) is 3.79. The summed E-state index contributed by atoms with van der Waals surface area (Å²) in [6, 6.07) is -1.34. The van der Waals surface area contributed by atoms with Gasteiger partial charge >= 0.3 is 6.03 Å². The molecule has 7 nitrogen and oxygen atoms in total. The summed E-state index contributed by atoms with van der Waals surface area (Å²) in [5.74, 6) is -0.446. The topological polar surface area (TPSA) is 113 Å². The average Bonchev–Trinajstić information content (AvgIpc) is 2.59. The lowest BCUT2D eigenvalue weighted by Crippen LogP contribution is -2.49. The standard InChI is InChI=1S/C9H16N4O3/c1-5(8(15)13-9(10)16)11-4-6-2-3-7(14)12-6/h5-6,11H,2-4H2,1H3,(H,12,14)(H3,10,13,15,16). The summed E-state index contributed by atoms with van der Waals surface area (Å²) in [6.45, 7) is 2.12. The summed E-state index contributed by atoms with van der Waals surface area (Å²) in [7, 11) is 0. The molecule has 1 fully saturated rings. The first kappa shape index (κ1) is 12.4. The van der Waals surface area contributed by atoms with E-state index in [4.69, 9.17) is 5.73 Å². The van der Waals surface area contributed by atoms with Crippen LogP contribution in [0.25, 0.3) is 0 Å². The lowest BCUT2D eigenvalue weighted by atomic mass is 10.2. The van der Waals surface area contributed by atoms with Crippen molar-refractivity contribution in [2.24, 2.45) is 5.73 Å². The molecule has 5 N–H and O–H groups in total. The zero-order valence-electron chi connectivity index (χ0n) is 9.08. The molecule has 0 bridgehead atoms. The molecular formula is C9H16N4O3. The van der Waals surface area contributed by atoms with Crippen LogP contribution >= 0.6 is 0 Å². The maximum Gasteiger partial charge on any atom is 0.318 e. The third-order valence-corrected chi connectivity index (χ3v) is 2.40. The third kappa shape index (κ3) is 3.85. The Morgan fingerprint density at radius 3 is 2.81 bits per heavy atom. The summed E-state index contributed by atoms with van der Waals surface area (Å²) in [5.41, 5.74) is 4.81. The van der Waals surface area contributed by atoms with E-state index in [0.717, 1.165) is 6.42 Å². The maximum atomic E-state index is 11.3. The van der Waals surface area contributed by atoms with Gasteiger partial charge in [0.25, 0.3) is 0 Å². The number of nitrogens with two attached hydrogens (primary N) is 1. The van der Waals surface area contributed by atoms with E-state index in [2.05, 4.69) is 10.6 Å². The Labute approximate surface area is 93.1 Å². The lowest BCUT2D eigenvalue weighted by molar-refractivity contribution is -0.121. The molecule has 1 rings (SSSR count). The minimum Gasteiger partial charge on any atom is -0.352 e. The quantitative estimate of drug-likeness (QED) is 0.466. The van der Waals surface area contributed by atoms with Crippen molar-refractivity contribution in [3.63, 3.8) is 0 Å². The Morgan fingerprint density at radius 1 is 1.62 bits per heavy atom. The molecule has 0 aromatic rings. The molecule has 0 aromatic heterocycles. The van der Waals surface area contributed by atoms with E-state index in [1.807, 2.05) is 5.32 Å². The molecule has 0 aromatic carbocycles. The Hall–Kier alpha value is -1.63. The van der Waals surface area contributed by atoms with Gasteiger partial charge in [-0.2, -0.15) is 0 Å². The summed E-state index contributed by atoms with van der Waals surface area (Å²) in [5, 5.41) is 7.66. The first-order chi connectivity index (χ1) is 7.49. The van der Waals surface area contributed by atoms with Gasteiger partial charge in [-0.3, -0.25) is 14.9 Å². The Balaban J connectivity index is 2.24. The van der Waals surface area contributed by atoms with Gasteiger partial charge in [0.15, 0.2) is 0 Å². The molecule has 1 saturated heterocycles. The number of amides is 4. The van der Waals surface area contributed by atoms with Crippen molar-refractivity contribution >= 4 is 17.8 Å². The first-order valence-electron chi connectivity index (χ1n) is 5.12. The fourth-order valence-corrected chi connectivity index (χ4v) is 1.47. The van der Waals surface area contributed by atoms with E-state index >= 15 is 0 Å². The number of imide groups is 1. The number of carbonyl (C=O) groups excluding carboxylic acids is 3. The van der Waals surface area contributed by atoms with Gasteiger partial charge in [0.2, 0.25) is 11.8 Å². The van der Waals surface area contributed by atoms with Crippen LogP contribution in [0.2, 0.25) is 0 Å². The minimum absolute atomic E-state index is 0.0287. The van der Waals surface area contributed by atoms with Crippen molar-refractivity contribution in [2.45, 2.75) is 31.8 Å². The monoisotopic (exact) mass is 228 g/mol. The van der Waals surface area contributed by atoms with E-state index in [-0.39, 0.29) is 11.9 Å². The van der Waals surface area contributed by atoms with Gasteiger partial charge < -0.3 is 16.4 Å². The van der Waals surface area contributed by atoms with Crippen LogP contribution in [0, 0.1) is 0 Å². The normalized spacial score (nSPS) is 21.3. The van der Waals surface area contributed by atoms with E-state index in [9.17, 15) is 14.4 Å². The molecular weight excluding hydrogens is 212 g/mol. The first-order valence-corrected chi connectivity index (χ1v) is 5.12. The molecule has 0 saturated carbocycles. The number of rotatable bonds is 4. The third-order valence-electron chi connectivity index (χ3n) is 2.40. The van der Waals surface area contributed by atoms with Crippen molar-refractivity contribution in [3.8, 4) is 0 Å². The van der Waals surface area contributed by atoms with E-state index in [1.165, 1.54) is 0 Å². The van der Waals surface area contributed by atoms with Crippen LogP contribution in [-0.4, -0.2) is 36.5 Å². The molecule has 7 heteroatoms. The van der Waals surface area contributed by atoms with Crippen molar-refractivity contribution in [3.05, 3.63) is 0 Å². The highest BCUT2D eigenvalue weighted by atomic mass is 16.2. The van der Waals surface area contributed by atoms with Gasteiger partial charge in [0.1, 0.15) is 0 Å². The smallest absolute Gasteiger partial charge is 0.318 e. The number of nitrogens with one attached hydrogen (secondary N) is 3. The highest BCUT2D eigenvalue weighted by molar-refractivity contribution is 5.96. The largest absolute Gasteiger partial charge is 0.352 e. The van der Waals surface area contributed by atoms with E-state index in [0.29, 0.717) is 13.0 Å². The van der Waals surface area contributed by atoms with Gasteiger partial charge in [-0.1, -0.05) is 0 Å². The molecule has 16 heavy (non-hydrogen) atoms. The second kappa shape index (κ2) is 5.45. The zero-order chi connectivity index (χ0) is 12.1. The van der Waals surface area contributed by atoms with Crippen molar-refractivity contribution in [1.29, 1.82) is 0 Å². The minimum atomic E-state index is -0.868. The number of carbonyl (C=O) groups is 3. The maximum absolute atomic E-state index is 11.3. The van der Waals surface area contributed by atoms with Gasteiger partial charge in [-0.25, -0.2) is 4.79 Å². The molecule has 1 heterocycles. The van der Waals surface area contributed by atoms with Crippen molar-refractivity contribution in [2.75, 3.05) is 6.54 Å². The van der Waals surface area contributed by atoms with Crippen molar-refractivity contribution < 1.29 is 14.4 Å². The molecule has 90 valence electrons. The van der Waals surface area contributed by atoms with Crippen LogP contribution in [0.15, 0.2) is 0 Å². The van der Waals surface area contributed by atoms with E-state index in [1.54, 1.807) is 6.92 Å². The number of hydrogen-bond acceptors (Lipinski definition) is 4. The van der Waals surface area contributed by atoms with E-state index < -0.39 is 18.0 Å². The highest BCUT2D eigenvalue weighted by Gasteiger charge is 2.22. The fourth-order valence-electron chi connectivity index (χ4n) is 1.47. The fraction of sp³-hybridized carbons (Fsp3) is 0.667. The molecule has 4 amide bonds. The molecule has 2 unspecified atom stereocenters. The van der Waals surface area contributed by atoms with Crippen LogP contribution in [-0.2, 0) is 9.59 Å². The predicted octanol–water partition coefficient (Wildman–Crippen LogP) is -1.56. The SMILES string of the molecule is CC(NCC1CCC(=O)N1)C(=O)NC(N)=O. The molecule has 0 aliphatic carbocycles. The van der Waals surface area contributed by atoms with Crippen LogP contribution in [0.3, 0.4) is 0 Å². The summed E-state index contributed by atoms with van der Waals surface area (Å²) >= 11 is 0. The average molecular weight is 228 g/mol. The van der Waals surface area contributed by atoms with Gasteiger partial charge in [-0.05, 0) is 13.3 Å². The summed E-state index contributed by atoms with van der Waals surface area (Å²) in [4.78, 5) is 32.6. The van der Waals surface area contributed by atoms with Crippen molar-refractivity contribution in [1.82, 2.24) is 16.0 Å². The Bertz CT molecular complexity index is 305. The van der Waals surface area contributed by atoms with Crippen LogP contribution in [0.1, 0.15) is 19.8 Å². The second-order valence-electron chi connectivity index (χ2n) is 3.79. The van der Waals surface area contributed by atoms with Crippen LogP contribution in [0.4, 0.5) is 4.79 Å². The summed E-state index contributed by atoms with van der Waals surface area (Å²) < 4.78 is 0. The number of primary amides is 1. The Kier molecular flexibility index (Phi) is 4.24. The van der Waals surface area contributed by atoms with Gasteiger partial charge in [0, 0.05) is 19.0 Å². The number of hydrogen-bond donors (Lipinski definition) is 4. The molecule has 1 aliphatic rings. The molecule has 1 aliphatic heterocycles. The van der Waals surface area contributed by atoms with Crippen LogP contribution in [0.5, 0.6) is 0 Å². The van der Waals surface area contributed by atoms with Crippen LogP contribution < -0.4 is 21.7 Å². The molecule has 2 atom stereocenters. The molecule has 0 radical (unpaired) electrons. The summed E-state index contributed by atoms with van der Waals surface area (Å²) in [6.07, 6.45) is 1.28. The van der Waals surface area contributed by atoms with Gasteiger partial charge in [0.05, 0.1) is 6.04 Å². The Morgan fingerprint density at radius 2 is 2.31 bits per heavy atom. The zero-order valence-corrected chi connectivity index (χ0v) is 9.08. The lowest BCUT2D eigenvalue weighted by Gasteiger charge is -2.16. The predicted molar refractivity (Wildman–Crippen MR) is 56.4 cm³/mol.